The lowest BCUT2D eigenvalue weighted by molar-refractivity contribution is 0.112. The third kappa shape index (κ3) is 2.48. The molecule has 0 bridgehead atoms. The van der Waals surface area contributed by atoms with Crippen LogP contribution >= 0.6 is 27.3 Å². The van der Waals surface area contributed by atoms with Gasteiger partial charge < -0.3 is 9.64 Å². The van der Waals surface area contributed by atoms with Crippen molar-refractivity contribution in [1.82, 2.24) is 9.80 Å². The predicted molar refractivity (Wildman–Crippen MR) is 82.4 cm³/mol. The summed E-state index contributed by atoms with van der Waals surface area (Å²) in [5.41, 5.74) is 1.48. The van der Waals surface area contributed by atoms with E-state index in [0.29, 0.717) is 6.61 Å². The van der Waals surface area contributed by atoms with Crippen LogP contribution in [-0.4, -0.2) is 43.1 Å². The molecule has 1 aromatic rings. The van der Waals surface area contributed by atoms with Crippen LogP contribution in [-0.2, 0) is 16.9 Å². The SMILES string of the molecule is COCc1cc(C2(N3CCN(C#N)CC3)CC2)sc1Br. The van der Waals surface area contributed by atoms with E-state index in [0.717, 1.165) is 26.2 Å². The van der Waals surface area contributed by atoms with Crippen molar-refractivity contribution in [3.8, 4) is 6.19 Å². The van der Waals surface area contributed by atoms with E-state index in [1.165, 1.54) is 27.1 Å². The molecule has 0 atom stereocenters. The highest BCUT2D eigenvalue weighted by atomic mass is 79.9. The number of nitrogens with zero attached hydrogens (tertiary/aromatic N) is 3. The fourth-order valence-electron chi connectivity index (χ4n) is 2.96. The van der Waals surface area contributed by atoms with E-state index < -0.39 is 0 Å². The molecule has 0 unspecified atom stereocenters. The molecule has 0 N–H and O–H groups in total. The quantitative estimate of drug-likeness (QED) is 0.778. The van der Waals surface area contributed by atoms with Crippen molar-refractivity contribution < 1.29 is 4.74 Å². The smallest absolute Gasteiger partial charge is 0.179 e. The van der Waals surface area contributed by atoms with Crippen LogP contribution < -0.4 is 0 Å². The molecule has 0 spiro atoms. The van der Waals surface area contributed by atoms with Gasteiger partial charge in [-0.05, 0) is 34.8 Å². The largest absolute Gasteiger partial charge is 0.380 e. The van der Waals surface area contributed by atoms with Gasteiger partial charge in [-0.3, -0.25) is 4.90 Å². The first-order valence-electron chi connectivity index (χ1n) is 6.87. The van der Waals surface area contributed by atoms with Gasteiger partial charge >= 0.3 is 0 Å². The molecule has 1 aromatic heterocycles. The topological polar surface area (TPSA) is 39.5 Å². The first-order valence-corrected chi connectivity index (χ1v) is 8.48. The summed E-state index contributed by atoms with van der Waals surface area (Å²) in [4.78, 5) is 5.87. The van der Waals surface area contributed by atoms with Gasteiger partial charge in [0.1, 0.15) is 0 Å². The Morgan fingerprint density at radius 1 is 1.40 bits per heavy atom. The normalized spacial score (nSPS) is 21.8. The van der Waals surface area contributed by atoms with Gasteiger partial charge in [-0.25, -0.2) is 0 Å². The number of thiophene rings is 1. The van der Waals surface area contributed by atoms with E-state index >= 15 is 0 Å². The second kappa shape index (κ2) is 5.64. The van der Waals surface area contributed by atoms with Crippen LogP contribution in [0.2, 0.25) is 0 Å². The van der Waals surface area contributed by atoms with Crippen LogP contribution in [0.4, 0.5) is 0 Å². The summed E-state index contributed by atoms with van der Waals surface area (Å²) in [5.74, 6) is 0. The lowest BCUT2D eigenvalue weighted by atomic mass is 10.1. The Kier molecular flexibility index (Phi) is 4.04. The zero-order valence-corrected chi connectivity index (χ0v) is 14.0. The van der Waals surface area contributed by atoms with Crippen molar-refractivity contribution in [3.63, 3.8) is 0 Å². The van der Waals surface area contributed by atoms with Gasteiger partial charge in [-0.1, -0.05) is 0 Å². The Morgan fingerprint density at radius 2 is 2.10 bits per heavy atom. The van der Waals surface area contributed by atoms with Crippen LogP contribution in [0.15, 0.2) is 9.85 Å². The van der Waals surface area contributed by atoms with E-state index in [2.05, 4.69) is 33.1 Å². The van der Waals surface area contributed by atoms with Gasteiger partial charge in [0.2, 0.25) is 0 Å². The molecule has 4 nitrogen and oxygen atoms in total. The molecule has 2 aliphatic rings. The van der Waals surface area contributed by atoms with Gasteiger partial charge in [0.05, 0.1) is 15.9 Å². The maximum Gasteiger partial charge on any atom is 0.179 e. The van der Waals surface area contributed by atoms with Gasteiger partial charge in [-0.2, -0.15) is 5.26 Å². The predicted octanol–water partition coefficient (Wildman–Crippen LogP) is 2.74. The van der Waals surface area contributed by atoms with E-state index in [1.54, 1.807) is 7.11 Å². The Hall–Kier alpha value is -0.610. The number of hydrogen-bond acceptors (Lipinski definition) is 5. The van der Waals surface area contributed by atoms with Crippen molar-refractivity contribution in [1.29, 1.82) is 5.26 Å². The molecule has 6 heteroatoms. The molecule has 3 rings (SSSR count). The minimum absolute atomic E-state index is 0.237. The monoisotopic (exact) mass is 355 g/mol. The summed E-state index contributed by atoms with van der Waals surface area (Å²) in [6, 6.07) is 2.29. The standard InChI is InChI=1S/C14H18BrN3OS/c1-19-9-11-8-12(20-13(11)15)14(2-3-14)18-6-4-17(10-16)5-7-18/h8H,2-7,9H2,1H3. The van der Waals surface area contributed by atoms with Crippen LogP contribution in [0.1, 0.15) is 23.3 Å². The molecular formula is C14H18BrN3OS. The number of nitriles is 1. The zero-order chi connectivity index (χ0) is 14.2. The first kappa shape index (κ1) is 14.3. The molecular weight excluding hydrogens is 338 g/mol. The fraction of sp³-hybridized carbons (Fsp3) is 0.643. The maximum absolute atomic E-state index is 8.95. The highest BCUT2D eigenvalue weighted by Gasteiger charge is 2.51. The molecule has 2 heterocycles. The number of rotatable bonds is 4. The number of halogens is 1. The van der Waals surface area contributed by atoms with Crippen molar-refractivity contribution in [2.45, 2.75) is 25.0 Å². The molecule has 108 valence electrons. The van der Waals surface area contributed by atoms with Crippen molar-refractivity contribution >= 4 is 27.3 Å². The Balaban J connectivity index is 1.76. The van der Waals surface area contributed by atoms with E-state index in [-0.39, 0.29) is 5.54 Å². The second-order valence-electron chi connectivity index (χ2n) is 5.45. The fourth-order valence-corrected chi connectivity index (χ4v) is 4.88. The number of methoxy groups -OCH3 is 1. The summed E-state index contributed by atoms with van der Waals surface area (Å²) in [7, 11) is 1.73. The van der Waals surface area contributed by atoms with Crippen molar-refractivity contribution in [2.75, 3.05) is 33.3 Å². The lowest BCUT2D eigenvalue weighted by Gasteiger charge is -2.37. The van der Waals surface area contributed by atoms with E-state index in [4.69, 9.17) is 10.00 Å². The van der Waals surface area contributed by atoms with Gasteiger partial charge in [-0.15, -0.1) is 11.3 Å². The van der Waals surface area contributed by atoms with Crippen LogP contribution in [0.3, 0.4) is 0 Å². The van der Waals surface area contributed by atoms with Crippen molar-refractivity contribution in [3.05, 3.63) is 20.3 Å². The number of piperazine rings is 1. The molecule has 1 saturated carbocycles. The molecule has 2 fully saturated rings. The Morgan fingerprint density at radius 3 is 2.65 bits per heavy atom. The highest BCUT2D eigenvalue weighted by Crippen LogP contribution is 2.54. The third-order valence-corrected chi connectivity index (χ3v) is 6.42. The molecule has 0 aromatic carbocycles. The summed E-state index contributed by atoms with van der Waals surface area (Å²) < 4.78 is 6.44. The van der Waals surface area contributed by atoms with Crippen molar-refractivity contribution in [2.24, 2.45) is 0 Å². The first-order chi connectivity index (χ1) is 9.69. The molecule has 1 aliphatic carbocycles. The van der Waals surface area contributed by atoms with E-state index in [1.807, 2.05) is 16.2 Å². The van der Waals surface area contributed by atoms with Crippen LogP contribution in [0.5, 0.6) is 0 Å². The zero-order valence-electron chi connectivity index (χ0n) is 11.6. The Labute approximate surface area is 132 Å². The van der Waals surface area contributed by atoms with Gasteiger partial charge in [0, 0.05) is 43.7 Å². The maximum atomic E-state index is 8.95. The summed E-state index contributed by atoms with van der Waals surface area (Å²) >= 11 is 5.49. The molecule has 0 amide bonds. The van der Waals surface area contributed by atoms with Gasteiger partial charge in [0.25, 0.3) is 0 Å². The molecule has 1 saturated heterocycles. The summed E-state index contributed by atoms with van der Waals surface area (Å²) in [6.45, 7) is 4.35. The summed E-state index contributed by atoms with van der Waals surface area (Å²) in [6.07, 6.45) is 4.72. The van der Waals surface area contributed by atoms with Crippen LogP contribution in [0.25, 0.3) is 0 Å². The van der Waals surface area contributed by atoms with Crippen LogP contribution in [0, 0.1) is 11.5 Å². The average Bonchev–Trinajstić information content (AvgIpc) is 3.20. The number of ether oxygens (including phenoxy) is 1. The van der Waals surface area contributed by atoms with E-state index in [9.17, 15) is 0 Å². The summed E-state index contributed by atoms with van der Waals surface area (Å²) in [5, 5.41) is 8.95. The molecule has 1 aliphatic heterocycles. The minimum atomic E-state index is 0.237. The lowest BCUT2D eigenvalue weighted by Crippen LogP contribution is -2.48. The second-order valence-corrected chi connectivity index (χ2v) is 7.82. The molecule has 20 heavy (non-hydrogen) atoms. The number of hydrogen-bond donors (Lipinski definition) is 0. The van der Waals surface area contributed by atoms with Gasteiger partial charge in [0.15, 0.2) is 6.19 Å². The highest BCUT2D eigenvalue weighted by molar-refractivity contribution is 9.11. The Bertz CT molecular complexity index is 527. The average molecular weight is 356 g/mol. The third-order valence-electron chi connectivity index (χ3n) is 4.27. The molecule has 0 radical (unpaired) electrons. The minimum Gasteiger partial charge on any atom is -0.380 e.